The van der Waals surface area contributed by atoms with Crippen LogP contribution in [0.15, 0.2) is 17.8 Å². The maximum atomic E-state index is 5.71. The predicted molar refractivity (Wildman–Crippen MR) is 54.4 cm³/mol. The Hall–Kier alpha value is -0.495. The zero-order valence-corrected chi connectivity index (χ0v) is 9.05. The lowest BCUT2D eigenvalue weighted by Gasteiger charge is -2.32. The molecule has 0 spiro atoms. The van der Waals surface area contributed by atoms with Gasteiger partial charge in [0.2, 0.25) is 0 Å². The first-order valence-corrected chi connectivity index (χ1v) is 4.62. The summed E-state index contributed by atoms with van der Waals surface area (Å²) in [5, 5.41) is 0. The van der Waals surface area contributed by atoms with E-state index in [0.29, 0.717) is 0 Å². The van der Waals surface area contributed by atoms with Crippen LogP contribution in [0.3, 0.4) is 0 Å². The van der Waals surface area contributed by atoms with Crippen molar-refractivity contribution in [2.75, 3.05) is 0 Å². The van der Waals surface area contributed by atoms with E-state index in [9.17, 15) is 0 Å². The summed E-state index contributed by atoms with van der Waals surface area (Å²) in [6.07, 6.45) is 1.84. The summed E-state index contributed by atoms with van der Waals surface area (Å²) in [6, 6.07) is 0. The maximum Gasteiger partial charge on any atom is 0.495 e. The average molecular weight is 180 g/mol. The third kappa shape index (κ3) is 2.05. The molecule has 2 nitrogen and oxygen atoms in total. The van der Waals surface area contributed by atoms with Crippen molar-refractivity contribution in [1.29, 1.82) is 0 Å². The van der Waals surface area contributed by atoms with Crippen molar-refractivity contribution in [2.24, 2.45) is 0 Å². The Labute approximate surface area is 80.8 Å². The number of hydrogen-bond donors (Lipinski definition) is 0. The van der Waals surface area contributed by atoms with Crippen LogP contribution in [0.1, 0.15) is 34.6 Å². The quantitative estimate of drug-likeness (QED) is 0.455. The van der Waals surface area contributed by atoms with Gasteiger partial charge in [0.05, 0.1) is 11.2 Å². The molecule has 1 aliphatic heterocycles. The third-order valence-corrected chi connectivity index (χ3v) is 2.67. The van der Waals surface area contributed by atoms with E-state index in [0.717, 1.165) is 0 Å². The van der Waals surface area contributed by atoms with E-state index in [1.54, 1.807) is 5.98 Å². The van der Waals surface area contributed by atoms with Gasteiger partial charge in [0.25, 0.3) is 0 Å². The van der Waals surface area contributed by atoms with Crippen molar-refractivity contribution in [3.63, 3.8) is 0 Å². The minimum absolute atomic E-state index is 0.246. The summed E-state index contributed by atoms with van der Waals surface area (Å²) in [6.45, 7) is 10.1. The number of hydrogen-bond acceptors (Lipinski definition) is 2. The molecule has 0 unspecified atom stereocenters. The van der Waals surface area contributed by atoms with E-state index in [-0.39, 0.29) is 18.3 Å². The van der Waals surface area contributed by atoms with Crippen LogP contribution < -0.4 is 0 Å². The molecule has 13 heavy (non-hydrogen) atoms. The van der Waals surface area contributed by atoms with Crippen molar-refractivity contribution >= 4 is 7.12 Å². The molecule has 0 amide bonds. The van der Waals surface area contributed by atoms with Gasteiger partial charge in [-0.2, -0.15) is 0 Å². The average Bonchev–Trinajstić information content (AvgIpc) is 2.17. The molecular weight excluding hydrogens is 163 g/mol. The van der Waals surface area contributed by atoms with Crippen molar-refractivity contribution in [1.82, 2.24) is 0 Å². The monoisotopic (exact) mass is 180 g/mol. The van der Waals surface area contributed by atoms with Gasteiger partial charge in [0.15, 0.2) is 0 Å². The maximum absolute atomic E-state index is 5.71. The molecule has 0 bridgehead atoms. The second-order valence-corrected chi connectivity index (χ2v) is 4.25. The molecule has 0 aromatic carbocycles. The Kier molecular flexibility index (Phi) is 2.72. The van der Waals surface area contributed by atoms with Gasteiger partial charge in [0.1, 0.15) is 0 Å². The van der Waals surface area contributed by atoms with Crippen molar-refractivity contribution in [3.05, 3.63) is 17.8 Å². The predicted octanol–water partition coefficient (Wildman–Crippen LogP) is 2.35. The molecule has 1 heterocycles. The number of allylic oxidation sites excluding steroid dienone is 1. The lowest BCUT2D eigenvalue weighted by atomic mass is 9.90. The van der Waals surface area contributed by atoms with Crippen LogP contribution in [0.25, 0.3) is 0 Å². The second-order valence-electron chi connectivity index (χ2n) is 4.25. The van der Waals surface area contributed by atoms with E-state index < -0.39 is 0 Å². The molecule has 1 saturated heterocycles. The fourth-order valence-electron chi connectivity index (χ4n) is 1.13. The fraction of sp³-hybridized carbons (Fsp3) is 0.700. The van der Waals surface area contributed by atoms with E-state index in [1.165, 1.54) is 0 Å². The zero-order valence-electron chi connectivity index (χ0n) is 9.05. The number of rotatable bonds is 1. The van der Waals surface area contributed by atoms with Crippen molar-refractivity contribution in [3.8, 4) is 0 Å². The normalized spacial score (nSPS) is 23.9. The smallest absolute Gasteiger partial charge is 0.399 e. The van der Waals surface area contributed by atoms with Crippen molar-refractivity contribution in [2.45, 2.75) is 45.8 Å². The highest BCUT2D eigenvalue weighted by molar-refractivity contribution is 6.51. The summed E-state index contributed by atoms with van der Waals surface area (Å²) in [7, 11) is -0.263. The SMILES string of the molecule is CC=C=CB1OC(C)(C)C(C)(C)O1. The molecule has 0 atom stereocenters. The summed E-state index contributed by atoms with van der Waals surface area (Å²) < 4.78 is 11.4. The van der Waals surface area contributed by atoms with E-state index in [4.69, 9.17) is 9.31 Å². The van der Waals surface area contributed by atoms with Gasteiger partial charge in [0, 0.05) is 0 Å². The standard InChI is InChI=1S/C10H17BO2/c1-6-7-8-11-12-9(2,3)10(4,5)13-11/h6,8H,1-5H3. The highest BCUT2D eigenvalue weighted by atomic mass is 16.7. The van der Waals surface area contributed by atoms with E-state index in [1.807, 2.05) is 40.7 Å². The van der Waals surface area contributed by atoms with E-state index >= 15 is 0 Å². The van der Waals surface area contributed by atoms with Gasteiger partial charge in [-0.15, -0.1) is 5.73 Å². The minimum Gasteiger partial charge on any atom is -0.399 e. The van der Waals surface area contributed by atoms with Crippen LogP contribution in [0.2, 0.25) is 0 Å². The molecule has 0 aliphatic carbocycles. The first-order valence-electron chi connectivity index (χ1n) is 4.62. The van der Waals surface area contributed by atoms with Crippen LogP contribution in [-0.4, -0.2) is 18.3 Å². The molecule has 72 valence electrons. The molecular formula is C10H17BO2. The second kappa shape index (κ2) is 3.34. The van der Waals surface area contributed by atoms with Gasteiger partial charge >= 0.3 is 7.12 Å². The van der Waals surface area contributed by atoms with Gasteiger partial charge < -0.3 is 9.31 Å². The van der Waals surface area contributed by atoms with Crippen LogP contribution in [-0.2, 0) is 9.31 Å². The fourth-order valence-corrected chi connectivity index (χ4v) is 1.13. The summed E-state index contributed by atoms with van der Waals surface area (Å²) >= 11 is 0. The van der Waals surface area contributed by atoms with Crippen LogP contribution in [0.4, 0.5) is 0 Å². The Balaban J connectivity index is 2.76. The van der Waals surface area contributed by atoms with Gasteiger partial charge in [-0.1, -0.05) is 0 Å². The molecule has 0 saturated carbocycles. The molecule has 0 N–H and O–H groups in total. The summed E-state index contributed by atoms with van der Waals surface area (Å²) in [5.41, 5.74) is 2.47. The molecule has 0 aromatic heterocycles. The minimum atomic E-state index is -0.263. The molecule has 1 aliphatic rings. The van der Waals surface area contributed by atoms with E-state index in [2.05, 4.69) is 5.73 Å². The van der Waals surface area contributed by atoms with Gasteiger partial charge in [-0.25, -0.2) is 0 Å². The summed E-state index contributed by atoms with van der Waals surface area (Å²) in [5.74, 6) is 1.80. The first-order chi connectivity index (χ1) is 5.89. The Morgan fingerprint density at radius 1 is 1.08 bits per heavy atom. The topological polar surface area (TPSA) is 18.5 Å². The lowest BCUT2D eigenvalue weighted by Crippen LogP contribution is -2.41. The highest BCUT2D eigenvalue weighted by Crippen LogP contribution is 2.36. The first kappa shape index (κ1) is 10.6. The molecule has 0 radical (unpaired) electrons. The Morgan fingerprint density at radius 2 is 1.54 bits per heavy atom. The Bertz CT molecular complexity index is 234. The zero-order chi connectivity index (χ0) is 10.1. The van der Waals surface area contributed by atoms with Crippen LogP contribution >= 0.6 is 0 Å². The van der Waals surface area contributed by atoms with Crippen LogP contribution in [0, 0.1) is 0 Å². The van der Waals surface area contributed by atoms with Gasteiger partial charge in [-0.05, 0) is 46.7 Å². The Morgan fingerprint density at radius 3 is 1.92 bits per heavy atom. The lowest BCUT2D eigenvalue weighted by molar-refractivity contribution is 0.00578. The van der Waals surface area contributed by atoms with Crippen LogP contribution in [0.5, 0.6) is 0 Å². The molecule has 0 aromatic rings. The third-order valence-electron chi connectivity index (χ3n) is 2.67. The molecule has 1 fully saturated rings. The molecule has 3 heteroatoms. The highest BCUT2D eigenvalue weighted by Gasteiger charge is 2.50. The van der Waals surface area contributed by atoms with Gasteiger partial charge in [-0.3, -0.25) is 0 Å². The largest absolute Gasteiger partial charge is 0.495 e. The molecule has 1 rings (SSSR count). The van der Waals surface area contributed by atoms with Crippen molar-refractivity contribution < 1.29 is 9.31 Å². The summed E-state index contributed by atoms with van der Waals surface area (Å²) in [4.78, 5) is 0.